The number of aliphatic hydroxyl groups is 17. The molecule has 4 amide bonds. The Morgan fingerprint density at radius 2 is 1.00 bits per heavy atom. The van der Waals surface area contributed by atoms with Crippen molar-refractivity contribution in [2.24, 2.45) is 5.92 Å². The van der Waals surface area contributed by atoms with E-state index >= 15 is 0 Å². The van der Waals surface area contributed by atoms with E-state index in [0.717, 1.165) is 27.9 Å². The summed E-state index contributed by atoms with van der Waals surface area (Å²) in [5, 5.41) is 208. The van der Waals surface area contributed by atoms with Gasteiger partial charge in [-0.3, -0.25) is 33.6 Å². The number of ether oxygens (including phenoxy) is 17. The van der Waals surface area contributed by atoms with Crippen molar-refractivity contribution < 1.29 is 211 Å². The number of ketones is 1. The van der Waals surface area contributed by atoms with E-state index in [1.807, 2.05) is 0 Å². The van der Waals surface area contributed by atoms with Crippen LogP contribution in [0.3, 0.4) is 0 Å². The number of carbonyl (C=O) groups is 8. The molecule has 22 N–H and O–H groups in total. The number of rotatable bonds is 38. The summed E-state index contributed by atoms with van der Waals surface area (Å²) in [5.74, 6) is -10.2. The van der Waals surface area contributed by atoms with Crippen LogP contribution >= 0.6 is 0 Å². The molecule has 13 unspecified atom stereocenters. The molecule has 114 heavy (non-hydrogen) atoms. The fourth-order valence-electron chi connectivity index (χ4n) is 14.3. The fourth-order valence-corrected chi connectivity index (χ4v) is 14.3. The lowest BCUT2D eigenvalue weighted by atomic mass is 9.79. The zero-order chi connectivity index (χ0) is 83.9. The van der Waals surface area contributed by atoms with Crippen LogP contribution in [0.2, 0.25) is 0 Å². The highest BCUT2D eigenvalue weighted by atomic mass is 16.8. The van der Waals surface area contributed by atoms with Gasteiger partial charge in [0.05, 0.1) is 51.8 Å². The zero-order valence-corrected chi connectivity index (χ0v) is 61.9. The number of hydrogen-bond acceptors (Lipinski definition) is 42. The summed E-state index contributed by atoms with van der Waals surface area (Å²) < 4.78 is 95.5. The van der Waals surface area contributed by atoms with E-state index in [4.69, 9.17) is 80.5 Å². The Labute approximate surface area is 647 Å². The average Bonchev–Trinajstić information content (AvgIpc) is 0.753. The Morgan fingerprint density at radius 1 is 0.526 bits per heavy atom. The van der Waals surface area contributed by atoms with E-state index in [-0.39, 0.29) is 44.3 Å². The Kier molecular flexibility index (Phi) is 34.8. The summed E-state index contributed by atoms with van der Waals surface area (Å²) in [6, 6.07) is 1.33. The van der Waals surface area contributed by atoms with E-state index in [0.29, 0.717) is 5.56 Å². The van der Waals surface area contributed by atoms with Crippen molar-refractivity contribution in [2.75, 3.05) is 60.4 Å². The normalized spacial score (nSPS) is 40.4. The van der Waals surface area contributed by atoms with Crippen molar-refractivity contribution in [3.05, 3.63) is 35.4 Å². The number of carboxylic acid groups (broad SMARTS) is 1. The first-order valence-electron chi connectivity index (χ1n) is 36.1. The second-order valence-corrected chi connectivity index (χ2v) is 27.9. The van der Waals surface area contributed by atoms with Gasteiger partial charge in [0.2, 0.25) is 30.3 Å². The van der Waals surface area contributed by atoms with Crippen molar-refractivity contribution in [1.29, 1.82) is 0 Å². The number of benzene rings is 1. The minimum atomic E-state index is -3.17. The maximum atomic E-state index is 13.7. The average molecular weight is 1650 g/mol. The van der Waals surface area contributed by atoms with Gasteiger partial charge in [-0.25, -0.2) is 4.79 Å². The van der Waals surface area contributed by atoms with Gasteiger partial charge < -0.3 is 194 Å². The number of aryl methyl sites for hydroxylation is 1. The molecule has 1 aromatic carbocycles. The van der Waals surface area contributed by atoms with Crippen LogP contribution in [-0.4, -0.2) is 415 Å². The van der Waals surface area contributed by atoms with Crippen LogP contribution in [0.25, 0.3) is 0 Å². The lowest BCUT2D eigenvalue weighted by Gasteiger charge is -2.51. The molecule has 36 atom stereocenters. The molecule has 47 nitrogen and oxygen atoms in total. The van der Waals surface area contributed by atoms with Crippen molar-refractivity contribution >= 4 is 48.3 Å². The third-order valence-electron chi connectivity index (χ3n) is 20.1. The summed E-state index contributed by atoms with van der Waals surface area (Å²) in [7, 11) is 2.35. The van der Waals surface area contributed by atoms with E-state index in [2.05, 4.69) is 21.3 Å². The molecule has 0 aliphatic carbocycles. The quantitative estimate of drug-likeness (QED) is 0.0216. The van der Waals surface area contributed by atoms with Gasteiger partial charge in [0.25, 0.3) is 24.6 Å². The molecule has 0 aromatic heterocycles. The van der Waals surface area contributed by atoms with Gasteiger partial charge in [-0.1, -0.05) is 12.1 Å². The number of Topliss-reactive ketones (excluding diaryl/α,β-unsaturated/α-hetero) is 1. The minimum Gasteiger partial charge on any atom is -0.477 e. The number of aliphatic hydroxyl groups excluding tert-OH is 17. The van der Waals surface area contributed by atoms with Gasteiger partial charge in [0.15, 0.2) is 49.9 Å². The van der Waals surface area contributed by atoms with Crippen molar-refractivity contribution in [3.63, 3.8) is 0 Å². The van der Waals surface area contributed by atoms with E-state index in [1.54, 1.807) is 12.1 Å². The molecule has 7 saturated heterocycles. The molecular formula is C67H102N4O43. The second kappa shape index (κ2) is 42.5. The molecule has 0 bridgehead atoms. The minimum absolute atomic E-state index is 0.116. The number of carboxylic acids is 1. The number of aliphatic carboxylic acids is 1. The third kappa shape index (κ3) is 22.0. The highest BCUT2D eigenvalue weighted by molar-refractivity contribution is 5.94. The topological polar surface area (TPSA) is 706 Å². The van der Waals surface area contributed by atoms with E-state index in [1.165, 1.54) is 19.2 Å². The predicted octanol–water partition coefficient (Wildman–Crippen LogP) is -13.1. The molecular weight excluding hydrogens is 1550 g/mol. The van der Waals surface area contributed by atoms with Gasteiger partial charge in [-0.2, -0.15) is 0 Å². The van der Waals surface area contributed by atoms with Crippen molar-refractivity contribution in [1.82, 2.24) is 21.3 Å². The predicted molar refractivity (Wildman–Crippen MR) is 359 cm³/mol. The molecule has 7 aliphatic heterocycles. The van der Waals surface area contributed by atoms with Crippen molar-refractivity contribution in [3.8, 4) is 0 Å². The molecule has 7 heterocycles. The molecule has 7 aliphatic rings. The Morgan fingerprint density at radius 3 is 1.51 bits per heavy atom. The number of amides is 4. The maximum absolute atomic E-state index is 13.7. The lowest BCUT2D eigenvalue weighted by molar-refractivity contribution is -0.398. The Balaban J connectivity index is 0.828. The summed E-state index contributed by atoms with van der Waals surface area (Å²) in [5.41, 5.74) is 0.725. The Hall–Kier alpha value is -6.10. The summed E-state index contributed by atoms with van der Waals surface area (Å²) in [6.45, 7) is -2.67. The molecule has 7 fully saturated rings. The Bertz CT molecular complexity index is 3270. The molecule has 0 saturated carbocycles. The summed E-state index contributed by atoms with van der Waals surface area (Å²) in [4.78, 5) is 101. The van der Waals surface area contributed by atoms with Crippen molar-refractivity contribution in [2.45, 2.75) is 267 Å². The molecule has 1 aromatic rings. The van der Waals surface area contributed by atoms with Gasteiger partial charge >= 0.3 is 5.97 Å². The number of nitrogens with one attached hydrogen (secondary N) is 4. The first-order chi connectivity index (χ1) is 54.2. The summed E-state index contributed by atoms with van der Waals surface area (Å²) in [6.07, 6.45) is -60.7. The van der Waals surface area contributed by atoms with Gasteiger partial charge in [-0.15, -0.1) is 0 Å². The maximum Gasteiger partial charge on any atom is 0.364 e. The lowest BCUT2D eigenvalue weighted by Crippen LogP contribution is -2.70. The van der Waals surface area contributed by atoms with Crippen LogP contribution in [0.15, 0.2) is 24.3 Å². The smallest absolute Gasteiger partial charge is 0.364 e. The largest absolute Gasteiger partial charge is 0.477 e. The second-order valence-electron chi connectivity index (χ2n) is 27.9. The monoisotopic (exact) mass is 1650 g/mol. The first kappa shape index (κ1) is 93.4. The standard InChI is InChI=1S/C67H102N4O43/c1-24(79)69-37-43(88)51(98-4)35(20-75)105-59(37)110-56-46(91)48(93)62(112-65(56)102-23-78)107-52-36(21-76)106-60(38(44(52)89)70-25(2)80)109-55-45(90)47(92)61(111-64(55)101-22-77)100-14-13-68-57(95)28-11-9-27(10-12-28)7-6-8-29(82)15-30-31(83)16-67(66(96)97,113-50(30)40(85)32(84)17-72)114-54-42(87)34(19-74)104-63(49(54)94)108-53-39(71-26(3)81)58(99-5)103-33(18-73)41(53)86/h9-12,22-23,30-56,58-65,72-76,83-94H,6-8,13-21H2,1-5H3,(H,68,95)(H,69,79)(H,70,80)(H,71,81)(H,96,97)/t30-,31-,32-,33?,34?,35?,36?,37?,38?,39?,40-,41+,42+,43-,44-,45-,46-,47?,48?,49?,50?,51-,52-,53-,54+,55+,56+,58+,59-,60-,61-,62-,63+,64?,65?,67+/m1/s1. The highest BCUT2D eigenvalue weighted by Crippen LogP contribution is 2.43. The SMILES string of the molecule is CO[C@H]1OC(CO)[C@H](O)[C@H](O[C@@H]2OC(CO)[C@H](O)[C@H](O[C@]3(C(=O)O)C[C@@H](O)[C@@H](CC(=O)CCCc4ccc(C(=O)NCCO[C@@H]5OC(OC=O)[C@@H](O[C@H]6OC(CO)[C@@H](O[C@@H]7OC(OC=O)[C@@H](O[C@H]8OC(CO)[C@@H](OC)[C@H](O)C8NC(C)=O)[C@H](O)C7O)[C@H](O)C6NC(C)=O)[C@H](O)C5O)cc4)C([C@H](O)[C@H](O)CO)O3)C2O)C1NC(C)=O. The van der Waals surface area contributed by atoms with E-state index < -0.39 is 308 Å². The van der Waals surface area contributed by atoms with Crippen LogP contribution in [0.1, 0.15) is 62.4 Å². The molecule has 0 spiro atoms. The fraction of sp³-hybridized carbons (Fsp3) is 0.791. The number of carbonyl (C=O) groups excluding carboxylic acids is 7. The van der Waals surface area contributed by atoms with Crippen LogP contribution in [-0.2, 0) is 121 Å². The summed E-state index contributed by atoms with van der Waals surface area (Å²) >= 11 is 0. The van der Waals surface area contributed by atoms with Crippen LogP contribution in [0, 0.1) is 5.92 Å². The van der Waals surface area contributed by atoms with E-state index in [9.17, 15) is 130 Å². The number of hydrogen-bond donors (Lipinski definition) is 22. The first-order valence-corrected chi connectivity index (χ1v) is 36.1. The van der Waals surface area contributed by atoms with Gasteiger partial charge in [-0.05, 0) is 30.5 Å². The van der Waals surface area contributed by atoms with Crippen LogP contribution in [0.5, 0.6) is 0 Å². The van der Waals surface area contributed by atoms with Crippen LogP contribution < -0.4 is 21.3 Å². The molecule has 47 heteroatoms. The molecule has 0 radical (unpaired) electrons. The third-order valence-corrected chi connectivity index (χ3v) is 20.1. The molecule has 8 rings (SSSR count). The van der Waals surface area contributed by atoms with Crippen LogP contribution in [0.4, 0.5) is 0 Å². The highest BCUT2D eigenvalue weighted by Gasteiger charge is 2.62. The van der Waals surface area contributed by atoms with Gasteiger partial charge in [0, 0.05) is 72.3 Å². The number of methoxy groups -OCH3 is 2. The zero-order valence-electron chi connectivity index (χ0n) is 61.9. The molecule has 648 valence electrons. The van der Waals surface area contributed by atoms with Gasteiger partial charge in [0.1, 0.15) is 140 Å².